The van der Waals surface area contributed by atoms with Crippen molar-refractivity contribution in [2.45, 2.75) is 26.2 Å². The molecule has 0 spiro atoms. The van der Waals surface area contributed by atoms with Crippen molar-refractivity contribution in [2.24, 2.45) is 5.92 Å². The van der Waals surface area contributed by atoms with Crippen molar-refractivity contribution in [3.05, 3.63) is 17.8 Å². The second kappa shape index (κ2) is 4.84. The van der Waals surface area contributed by atoms with Crippen LogP contribution in [-0.2, 0) is 6.42 Å². The maximum atomic E-state index is 11.0. The summed E-state index contributed by atoms with van der Waals surface area (Å²) in [4.78, 5) is 15.1. The summed E-state index contributed by atoms with van der Waals surface area (Å²) in [5.74, 6) is 4.19. The fraction of sp³-hybridized carbons (Fsp3) is 0.636. The van der Waals surface area contributed by atoms with Gasteiger partial charge < -0.3 is 4.42 Å². The van der Waals surface area contributed by atoms with Gasteiger partial charge in [-0.3, -0.25) is 4.79 Å². The molecule has 0 aromatic carbocycles. The summed E-state index contributed by atoms with van der Waals surface area (Å²) in [6.45, 7) is 1.50. The largest absolute Gasteiger partial charge is 0.438 e. The number of nitrogens with zero attached hydrogens (tertiary/aromatic N) is 1. The molecule has 1 aromatic rings. The highest BCUT2D eigenvalue weighted by Gasteiger charge is 2.17. The predicted molar refractivity (Wildman–Crippen MR) is 60.3 cm³/mol. The van der Waals surface area contributed by atoms with E-state index < -0.39 is 0 Å². The molecule has 3 nitrogen and oxygen atoms in total. The zero-order valence-corrected chi connectivity index (χ0v) is 9.68. The number of oxazole rings is 1. The molecule has 1 aliphatic rings. The number of thioether (sulfide) groups is 1. The van der Waals surface area contributed by atoms with Gasteiger partial charge in [-0.15, -0.1) is 0 Å². The van der Waals surface area contributed by atoms with Crippen LogP contribution in [0.1, 0.15) is 36.2 Å². The Hall–Kier alpha value is -0.770. The summed E-state index contributed by atoms with van der Waals surface area (Å²) in [5.41, 5.74) is 0. The molecular formula is C11H15NO2S. The van der Waals surface area contributed by atoms with Crippen molar-refractivity contribution in [1.29, 1.82) is 0 Å². The molecule has 1 fully saturated rings. The van der Waals surface area contributed by atoms with Crippen molar-refractivity contribution >= 4 is 17.5 Å². The SMILES string of the molecule is CC(=O)c1cnc(CC2CCCSC2)o1. The van der Waals surface area contributed by atoms with E-state index in [0.29, 0.717) is 17.6 Å². The summed E-state index contributed by atoms with van der Waals surface area (Å²) in [6.07, 6.45) is 4.95. The van der Waals surface area contributed by atoms with E-state index in [1.165, 1.54) is 37.5 Å². The average molecular weight is 225 g/mol. The normalized spacial score (nSPS) is 21.5. The van der Waals surface area contributed by atoms with Crippen molar-refractivity contribution in [1.82, 2.24) is 4.98 Å². The second-order valence-corrected chi connectivity index (χ2v) is 5.11. The number of hydrogen-bond acceptors (Lipinski definition) is 4. The van der Waals surface area contributed by atoms with Gasteiger partial charge in [0.15, 0.2) is 17.4 Å². The van der Waals surface area contributed by atoms with Gasteiger partial charge in [-0.2, -0.15) is 11.8 Å². The number of carbonyl (C=O) groups is 1. The van der Waals surface area contributed by atoms with Crippen LogP contribution in [0.2, 0.25) is 0 Å². The summed E-state index contributed by atoms with van der Waals surface area (Å²) in [6, 6.07) is 0. The number of carbonyl (C=O) groups excluding carboxylic acids is 1. The van der Waals surface area contributed by atoms with Crippen molar-refractivity contribution in [3.8, 4) is 0 Å². The fourth-order valence-corrected chi connectivity index (χ4v) is 2.94. The van der Waals surface area contributed by atoms with Gasteiger partial charge in [0, 0.05) is 13.3 Å². The summed E-state index contributed by atoms with van der Waals surface area (Å²) >= 11 is 2.00. The maximum Gasteiger partial charge on any atom is 0.196 e. The topological polar surface area (TPSA) is 43.1 Å². The van der Waals surface area contributed by atoms with Gasteiger partial charge in [0.25, 0.3) is 0 Å². The average Bonchev–Trinajstić information content (AvgIpc) is 2.68. The molecule has 0 amide bonds. The van der Waals surface area contributed by atoms with Crippen LogP contribution in [-0.4, -0.2) is 22.3 Å². The maximum absolute atomic E-state index is 11.0. The van der Waals surface area contributed by atoms with E-state index in [4.69, 9.17) is 4.42 Å². The lowest BCUT2D eigenvalue weighted by molar-refractivity contribution is 0.0985. The highest BCUT2D eigenvalue weighted by molar-refractivity contribution is 7.99. The summed E-state index contributed by atoms with van der Waals surface area (Å²) < 4.78 is 5.38. The molecule has 4 heteroatoms. The van der Waals surface area contributed by atoms with Crippen LogP contribution >= 0.6 is 11.8 Å². The third-order valence-corrected chi connectivity index (χ3v) is 3.90. The molecule has 2 rings (SSSR count). The van der Waals surface area contributed by atoms with E-state index in [9.17, 15) is 4.79 Å². The molecule has 0 radical (unpaired) electrons. The molecular weight excluding hydrogens is 210 g/mol. The van der Waals surface area contributed by atoms with E-state index >= 15 is 0 Å². The van der Waals surface area contributed by atoms with Crippen LogP contribution in [0.4, 0.5) is 0 Å². The Bertz CT molecular complexity index is 342. The molecule has 0 saturated carbocycles. The molecule has 2 heterocycles. The van der Waals surface area contributed by atoms with E-state index in [1.807, 2.05) is 11.8 Å². The first-order valence-electron chi connectivity index (χ1n) is 5.29. The Balaban J connectivity index is 1.94. The number of ketones is 1. The number of hydrogen-bond donors (Lipinski definition) is 0. The van der Waals surface area contributed by atoms with Gasteiger partial charge >= 0.3 is 0 Å². The Labute approximate surface area is 93.6 Å². The lowest BCUT2D eigenvalue weighted by Crippen LogP contribution is -2.13. The van der Waals surface area contributed by atoms with Crippen LogP contribution in [0, 0.1) is 5.92 Å². The minimum Gasteiger partial charge on any atom is -0.438 e. The highest BCUT2D eigenvalue weighted by Crippen LogP contribution is 2.25. The van der Waals surface area contributed by atoms with Crippen molar-refractivity contribution in [3.63, 3.8) is 0 Å². The number of Topliss-reactive ketones (excluding diaryl/α,β-unsaturated/α-hetero) is 1. The molecule has 1 atom stereocenters. The molecule has 0 aliphatic carbocycles. The van der Waals surface area contributed by atoms with E-state index in [0.717, 1.165) is 6.42 Å². The van der Waals surface area contributed by atoms with E-state index in [2.05, 4.69) is 4.98 Å². The van der Waals surface area contributed by atoms with Gasteiger partial charge in [0.2, 0.25) is 0 Å². The highest BCUT2D eigenvalue weighted by atomic mass is 32.2. The Morgan fingerprint density at radius 1 is 1.73 bits per heavy atom. The Morgan fingerprint density at radius 2 is 2.60 bits per heavy atom. The second-order valence-electron chi connectivity index (χ2n) is 3.96. The standard InChI is InChI=1S/C11H15NO2S/c1-8(13)10-6-12-11(14-10)5-9-3-2-4-15-7-9/h6,9H,2-5,7H2,1H3. The molecule has 0 bridgehead atoms. The monoisotopic (exact) mass is 225 g/mol. The van der Waals surface area contributed by atoms with Gasteiger partial charge in [0.05, 0.1) is 6.20 Å². The minimum atomic E-state index is -0.0493. The lowest BCUT2D eigenvalue weighted by Gasteiger charge is -2.19. The van der Waals surface area contributed by atoms with Crippen LogP contribution in [0.5, 0.6) is 0 Å². The molecule has 82 valence electrons. The summed E-state index contributed by atoms with van der Waals surface area (Å²) in [5, 5.41) is 0. The quantitative estimate of drug-likeness (QED) is 0.741. The third-order valence-electron chi connectivity index (χ3n) is 2.62. The molecule has 1 saturated heterocycles. The zero-order valence-electron chi connectivity index (χ0n) is 8.86. The number of rotatable bonds is 3. The van der Waals surface area contributed by atoms with Gasteiger partial charge in [-0.25, -0.2) is 4.98 Å². The molecule has 1 unspecified atom stereocenters. The van der Waals surface area contributed by atoms with Crippen molar-refractivity contribution < 1.29 is 9.21 Å². The first-order chi connectivity index (χ1) is 7.25. The molecule has 1 aromatic heterocycles. The van der Waals surface area contributed by atoms with Gasteiger partial charge in [-0.1, -0.05) is 0 Å². The Kier molecular flexibility index (Phi) is 3.46. The smallest absolute Gasteiger partial charge is 0.196 e. The van der Waals surface area contributed by atoms with Gasteiger partial charge in [0.1, 0.15) is 0 Å². The molecule has 15 heavy (non-hydrogen) atoms. The number of aromatic nitrogens is 1. The fourth-order valence-electron chi connectivity index (χ4n) is 1.78. The summed E-state index contributed by atoms with van der Waals surface area (Å²) in [7, 11) is 0. The Morgan fingerprint density at radius 3 is 3.20 bits per heavy atom. The van der Waals surface area contributed by atoms with Crippen LogP contribution in [0.15, 0.2) is 10.6 Å². The molecule has 1 aliphatic heterocycles. The first-order valence-corrected chi connectivity index (χ1v) is 6.44. The predicted octanol–water partition coefficient (Wildman–Crippen LogP) is 2.56. The molecule has 0 N–H and O–H groups in total. The van der Waals surface area contributed by atoms with Crippen molar-refractivity contribution in [2.75, 3.05) is 11.5 Å². The van der Waals surface area contributed by atoms with E-state index in [1.54, 1.807) is 0 Å². The van der Waals surface area contributed by atoms with Crippen LogP contribution in [0.3, 0.4) is 0 Å². The van der Waals surface area contributed by atoms with Crippen LogP contribution < -0.4 is 0 Å². The zero-order chi connectivity index (χ0) is 10.7. The van der Waals surface area contributed by atoms with Crippen LogP contribution in [0.25, 0.3) is 0 Å². The third kappa shape index (κ3) is 2.84. The minimum absolute atomic E-state index is 0.0493. The first kappa shape index (κ1) is 10.7. The van der Waals surface area contributed by atoms with E-state index in [-0.39, 0.29) is 5.78 Å². The lowest BCUT2D eigenvalue weighted by atomic mass is 10.0. The van der Waals surface area contributed by atoms with Gasteiger partial charge in [-0.05, 0) is 30.3 Å².